The molecule has 1 aromatic carbocycles. The third-order valence-corrected chi connectivity index (χ3v) is 5.66. The molecule has 1 aliphatic heterocycles. The average molecular weight is 372 g/mol. The molecule has 2 N–H and O–H groups in total. The van der Waals surface area contributed by atoms with Crippen molar-refractivity contribution >= 4 is 29.6 Å². The van der Waals surface area contributed by atoms with Gasteiger partial charge in [-0.15, -0.1) is 11.3 Å². The van der Waals surface area contributed by atoms with Gasteiger partial charge in [0, 0.05) is 12.4 Å². The van der Waals surface area contributed by atoms with Crippen molar-refractivity contribution in [3.63, 3.8) is 0 Å². The van der Waals surface area contributed by atoms with Gasteiger partial charge in [0.2, 0.25) is 0 Å². The van der Waals surface area contributed by atoms with Gasteiger partial charge in [0.05, 0.1) is 41.5 Å². The van der Waals surface area contributed by atoms with Crippen LogP contribution in [0.3, 0.4) is 0 Å². The molecular formula is C20H25N3O2S. The molecule has 1 aliphatic rings. The lowest BCUT2D eigenvalue weighted by molar-refractivity contribution is -0.0225. The Morgan fingerprint density at radius 1 is 1.38 bits per heavy atom. The van der Waals surface area contributed by atoms with Crippen molar-refractivity contribution in [3.05, 3.63) is 51.7 Å². The van der Waals surface area contributed by atoms with E-state index in [2.05, 4.69) is 35.8 Å². The van der Waals surface area contributed by atoms with E-state index in [4.69, 9.17) is 15.2 Å². The highest BCUT2D eigenvalue weighted by Gasteiger charge is 2.36. The SMILES string of the molecule is C=Nc1c(C(N)=NC)csc1C1OC(COCc2ccccc2)CC1C. The summed E-state index contributed by atoms with van der Waals surface area (Å²) in [7, 11) is 1.67. The Morgan fingerprint density at radius 2 is 2.15 bits per heavy atom. The molecule has 1 saturated heterocycles. The summed E-state index contributed by atoms with van der Waals surface area (Å²) in [4.78, 5) is 9.33. The Hall–Kier alpha value is -2.02. The van der Waals surface area contributed by atoms with Crippen LogP contribution in [-0.2, 0) is 16.1 Å². The van der Waals surface area contributed by atoms with Crippen LogP contribution in [-0.4, -0.2) is 32.3 Å². The molecule has 0 amide bonds. The van der Waals surface area contributed by atoms with Crippen LogP contribution < -0.4 is 5.73 Å². The molecule has 3 rings (SSSR count). The molecule has 138 valence electrons. The van der Waals surface area contributed by atoms with Crippen LogP contribution in [0.2, 0.25) is 0 Å². The summed E-state index contributed by atoms with van der Waals surface area (Å²) in [5.74, 6) is 0.857. The Morgan fingerprint density at radius 3 is 2.85 bits per heavy atom. The van der Waals surface area contributed by atoms with Gasteiger partial charge in [-0.2, -0.15) is 0 Å². The summed E-state index contributed by atoms with van der Waals surface area (Å²) in [6.07, 6.45) is 1.03. The van der Waals surface area contributed by atoms with Gasteiger partial charge in [0.25, 0.3) is 0 Å². The number of hydrogen-bond donors (Lipinski definition) is 1. The monoisotopic (exact) mass is 371 g/mol. The number of benzene rings is 1. The van der Waals surface area contributed by atoms with Gasteiger partial charge in [-0.05, 0) is 24.6 Å². The Bertz CT molecular complexity index is 773. The van der Waals surface area contributed by atoms with Gasteiger partial charge >= 0.3 is 0 Å². The normalized spacial score (nSPS) is 23.3. The molecule has 26 heavy (non-hydrogen) atoms. The maximum Gasteiger partial charge on any atom is 0.128 e. The second-order valence-corrected chi connectivity index (χ2v) is 7.43. The van der Waals surface area contributed by atoms with Crippen molar-refractivity contribution < 1.29 is 9.47 Å². The van der Waals surface area contributed by atoms with Gasteiger partial charge < -0.3 is 15.2 Å². The zero-order valence-corrected chi connectivity index (χ0v) is 16.0. The number of nitrogens with two attached hydrogens (primary N) is 1. The topological polar surface area (TPSA) is 69.2 Å². The maximum absolute atomic E-state index is 6.28. The molecule has 0 bridgehead atoms. The summed E-state index contributed by atoms with van der Waals surface area (Å²) in [6.45, 7) is 7.10. The number of hydrogen-bond acceptors (Lipinski definition) is 5. The molecule has 0 radical (unpaired) electrons. The van der Waals surface area contributed by atoms with Crippen molar-refractivity contribution in [2.24, 2.45) is 21.6 Å². The molecule has 3 unspecified atom stereocenters. The van der Waals surface area contributed by atoms with Gasteiger partial charge in [-0.1, -0.05) is 37.3 Å². The first-order valence-corrected chi connectivity index (χ1v) is 9.59. The van der Waals surface area contributed by atoms with Crippen LogP contribution in [0, 0.1) is 5.92 Å². The number of aliphatic imine (C=N–C) groups is 2. The smallest absolute Gasteiger partial charge is 0.128 e. The van der Waals surface area contributed by atoms with Crippen molar-refractivity contribution in [1.29, 1.82) is 0 Å². The molecule has 0 aliphatic carbocycles. The molecule has 2 aromatic rings. The fourth-order valence-corrected chi connectivity index (χ4v) is 4.46. The van der Waals surface area contributed by atoms with E-state index in [1.165, 1.54) is 5.56 Å². The lowest BCUT2D eigenvalue weighted by Crippen LogP contribution is -2.15. The highest BCUT2D eigenvalue weighted by molar-refractivity contribution is 7.11. The first-order chi connectivity index (χ1) is 12.6. The fourth-order valence-electron chi connectivity index (χ4n) is 3.28. The summed E-state index contributed by atoms with van der Waals surface area (Å²) >= 11 is 1.61. The first-order valence-electron chi connectivity index (χ1n) is 8.71. The third kappa shape index (κ3) is 4.03. The van der Waals surface area contributed by atoms with Crippen molar-refractivity contribution in [1.82, 2.24) is 0 Å². The molecule has 6 heteroatoms. The van der Waals surface area contributed by atoms with Crippen LogP contribution in [0.15, 0.2) is 45.7 Å². The minimum absolute atomic E-state index is 0.00997. The van der Waals surface area contributed by atoms with Crippen LogP contribution in [0.25, 0.3) is 0 Å². The molecule has 0 saturated carbocycles. The van der Waals surface area contributed by atoms with Gasteiger partial charge in [-0.25, -0.2) is 0 Å². The second kappa shape index (κ2) is 8.58. The van der Waals surface area contributed by atoms with E-state index in [1.807, 2.05) is 23.6 Å². The highest BCUT2D eigenvalue weighted by atomic mass is 32.1. The molecule has 0 spiro atoms. The number of nitrogens with zero attached hydrogens (tertiary/aromatic N) is 2. The van der Waals surface area contributed by atoms with Crippen LogP contribution in [0.4, 0.5) is 5.69 Å². The van der Waals surface area contributed by atoms with E-state index in [0.717, 1.165) is 22.5 Å². The molecular weight excluding hydrogens is 346 g/mol. The quantitative estimate of drug-likeness (QED) is 0.588. The van der Waals surface area contributed by atoms with Gasteiger partial charge in [0.15, 0.2) is 0 Å². The number of thiophene rings is 1. The van der Waals surface area contributed by atoms with Gasteiger partial charge in [-0.3, -0.25) is 9.98 Å². The largest absolute Gasteiger partial charge is 0.383 e. The minimum Gasteiger partial charge on any atom is -0.383 e. The van der Waals surface area contributed by atoms with E-state index in [1.54, 1.807) is 18.4 Å². The second-order valence-electron chi connectivity index (χ2n) is 6.52. The zero-order valence-electron chi connectivity index (χ0n) is 15.2. The summed E-state index contributed by atoms with van der Waals surface area (Å²) in [5.41, 5.74) is 8.77. The first kappa shape index (κ1) is 18.8. The predicted molar refractivity (Wildman–Crippen MR) is 108 cm³/mol. The van der Waals surface area contributed by atoms with Crippen LogP contribution in [0.1, 0.15) is 35.5 Å². The maximum atomic E-state index is 6.28. The van der Waals surface area contributed by atoms with E-state index < -0.39 is 0 Å². The third-order valence-electron chi connectivity index (χ3n) is 4.63. The van der Waals surface area contributed by atoms with Crippen molar-refractivity contribution in [2.45, 2.75) is 32.2 Å². The molecule has 2 heterocycles. The van der Waals surface area contributed by atoms with Gasteiger partial charge in [0.1, 0.15) is 5.84 Å². The molecule has 1 fully saturated rings. The minimum atomic E-state index is -0.00997. The molecule has 3 atom stereocenters. The summed E-state index contributed by atoms with van der Waals surface area (Å²) in [6, 6.07) is 10.2. The summed E-state index contributed by atoms with van der Waals surface area (Å²) in [5, 5.41) is 1.98. The molecule has 1 aromatic heterocycles. The van der Waals surface area contributed by atoms with E-state index in [0.29, 0.717) is 25.0 Å². The Labute approximate surface area is 158 Å². The van der Waals surface area contributed by atoms with E-state index in [-0.39, 0.29) is 12.2 Å². The number of amidine groups is 1. The summed E-state index contributed by atoms with van der Waals surface area (Å²) < 4.78 is 12.1. The van der Waals surface area contributed by atoms with Crippen LogP contribution >= 0.6 is 11.3 Å². The number of rotatable bonds is 7. The zero-order chi connectivity index (χ0) is 18.5. The Kier molecular flexibility index (Phi) is 6.19. The van der Waals surface area contributed by atoms with Crippen molar-refractivity contribution in [2.75, 3.05) is 13.7 Å². The average Bonchev–Trinajstić information content (AvgIpc) is 3.24. The van der Waals surface area contributed by atoms with Crippen molar-refractivity contribution in [3.8, 4) is 0 Å². The number of ether oxygens (including phenoxy) is 2. The molecule has 5 nitrogen and oxygen atoms in total. The lowest BCUT2D eigenvalue weighted by Gasteiger charge is -2.15. The Balaban J connectivity index is 1.64. The van der Waals surface area contributed by atoms with E-state index in [9.17, 15) is 0 Å². The fraction of sp³-hybridized carbons (Fsp3) is 0.400. The predicted octanol–water partition coefficient (Wildman–Crippen LogP) is 4.10. The lowest BCUT2D eigenvalue weighted by atomic mass is 9.99. The van der Waals surface area contributed by atoms with E-state index >= 15 is 0 Å². The van der Waals surface area contributed by atoms with Crippen LogP contribution in [0.5, 0.6) is 0 Å². The standard InChI is InChI=1S/C20H25N3O2S/c1-13-9-15(11-24-10-14-7-5-4-6-8-14)25-18(13)19-17(22-2)16(12-26-19)20(21)23-3/h4-8,12-13,15,18H,2,9-11H2,1,3H3,(H2,21,23). The highest BCUT2D eigenvalue weighted by Crippen LogP contribution is 2.45.